The third kappa shape index (κ3) is 3.40. The highest BCUT2D eigenvalue weighted by Gasteiger charge is 2.28. The lowest BCUT2D eigenvalue weighted by Crippen LogP contribution is -2.49. The van der Waals surface area contributed by atoms with E-state index in [0.29, 0.717) is 5.92 Å². The molecule has 0 aliphatic carbocycles. The number of rotatable bonds is 4. The molecule has 0 saturated carbocycles. The highest BCUT2D eigenvalue weighted by molar-refractivity contribution is 5.82. The second-order valence-corrected chi connectivity index (χ2v) is 5.92. The Bertz CT molecular complexity index is 424. The van der Waals surface area contributed by atoms with Crippen molar-refractivity contribution in [1.29, 1.82) is 0 Å². The van der Waals surface area contributed by atoms with Gasteiger partial charge in [-0.3, -0.25) is 4.79 Å². The Labute approximate surface area is 122 Å². The number of amides is 1. The molecule has 3 nitrogen and oxygen atoms in total. The fourth-order valence-corrected chi connectivity index (χ4v) is 2.87. The van der Waals surface area contributed by atoms with Gasteiger partial charge >= 0.3 is 0 Å². The first-order chi connectivity index (χ1) is 9.63. The number of carbonyl (C=O) groups is 1. The molecule has 0 unspecified atom stereocenters. The van der Waals surface area contributed by atoms with E-state index in [4.69, 9.17) is 5.73 Å². The summed E-state index contributed by atoms with van der Waals surface area (Å²) in [7, 11) is 0. The van der Waals surface area contributed by atoms with E-state index in [-0.39, 0.29) is 17.9 Å². The number of nitrogens with zero attached hydrogens (tertiary/aromatic N) is 1. The highest BCUT2D eigenvalue weighted by atomic mass is 16.2. The van der Waals surface area contributed by atoms with E-state index in [0.717, 1.165) is 32.4 Å². The predicted molar refractivity (Wildman–Crippen MR) is 82.4 cm³/mol. The maximum atomic E-state index is 12.3. The van der Waals surface area contributed by atoms with E-state index in [1.54, 1.807) is 0 Å². The molecule has 110 valence electrons. The van der Waals surface area contributed by atoms with E-state index in [9.17, 15) is 4.79 Å². The van der Waals surface area contributed by atoms with Crippen LogP contribution in [0.25, 0.3) is 0 Å². The van der Waals surface area contributed by atoms with Crippen LogP contribution in [-0.4, -0.2) is 29.9 Å². The van der Waals surface area contributed by atoms with Gasteiger partial charge in [0.1, 0.15) is 0 Å². The molecule has 0 spiro atoms. The van der Waals surface area contributed by atoms with Crippen LogP contribution in [0.4, 0.5) is 0 Å². The summed E-state index contributed by atoms with van der Waals surface area (Å²) in [5.74, 6) is 0.972. The van der Waals surface area contributed by atoms with E-state index in [2.05, 4.69) is 38.1 Å². The average molecular weight is 274 g/mol. The Morgan fingerprint density at radius 3 is 2.45 bits per heavy atom. The number of hydrogen-bond donors (Lipinski definition) is 1. The van der Waals surface area contributed by atoms with Gasteiger partial charge in [0.2, 0.25) is 5.91 Å². The van der Waals surface area contributed by atoms with E-state index >= 15 is 0 Å². The van der Waals surface area contributed by atoms with Gasteiger partial charge in [0.15, 0.2) is 0 Å². The zero-order valence-electron chi connectivity index (χ0n) is 12.6. The fraction of sp³-hybridized carbons (Fsp3) is 0.588. The van der Waals surface area contributed by atoms with Gasteiger partial charge in [0.05, 0.1) is 6.04 Å². The Hall–Kier alpha value is -1.35. The molecule has 1 aliphatic rings. The monoisotopic (exact) mass is 274 g/mol. The van der Waals surface area contributed by atoms with Crippen molar-refractivity contribution >= 4 is 5.91 Å². The van der Waals surface area contributed by atoms with Gasteiger partial charge in [0.25, 0.3) is 0 Å². The maximum absolute atomic E-state index is 12.3. The van der Waals surface area contributed by atoms with Crippen molar-refractivity contribution in [1.82, 2.24) is 4.90 Å². The summed E-state index contributed by atoms with van der Waals surface area (Å²) in [6, 6.07) is 10.3. The van der Waals surface area contributed by atoms with Crippen LogP contribution >= 0.6 is 0 Å². The third-order valence-electron chi connectivity index (χ3n) is 4.62. The van der Waals surface area contributed by atoms with Crippen LogP contribution in [0, 0.1) is 5.92 Å². The Morgan fingerprint density at radius 1 is 1.30 bits per heavy atom. The van der Waals surface area contributed by atoms with Gasteiger partial charge in [-0.25, -0.2) is 0 Å². The molecule has 0 aromatic heterocycles. The molecule has 1 heterocycles. The summed E-state index contributed by atoms with van der Waals surface area (Å²) in [4.78, 5) is 14.3. The van der Waals surface area contributed by atoms with E-state index in [1.807, 2.05) is 11.0 Å². The zero-order valence-corrected chi connectivity index (χ0v) is 12.6. The number of carbonyl (C=O) groups excluding carboxylic acids is 1. The molecule has 1 saturated heterocycles. The summed E-state index contributed by atoms with van der Waals surface area (Å²) in [6.45, 7) is 5.81. The first-order valence-electron chi connectivity index (χ1n) is 7.72. The number of piperidine rings is 1. The van der Waals surface area contributed by atoms with Crippen LogP contribution in [0.1, 0.15) is 44.6 Å². The lowest BCUT2D eigenvalue weighted by atomic mass is 9.89. The molecule has 2 rings (SSSR count). The number of nitrogens with two attached hydrogens (primary N) is 1. The van der Waals surface area contributed by atoms with Crippen molar-refractivity contribution in [3.8, 4) is 0 Å². The van der Waals surface area contributed by atoms with Crippen LogP contribution < -0.4 is 5.73 Å². The fourth-order valence-electron chi connectivity index (χ4n) is 2.87. The van der Waals surface area contributed by atoms with Crippen molar-refractivity contribution in [2.45, 2.75) is 45.1 Å². The molecule has 1 amide bonds. The molecule has 0 radical (unpaired) electrons. The van der Waals surface area contributed by atoms with Crippen LogP contribution in [-0.2, 0) is 4.79 Å². The van der Waals surface area contributed by atoms with Crippen LogP contribution in [0.15, 0.2) is 30.3 Å². The summed E-state index contributed by atoms with van der Waals surface area (Å²) in [6.07, 6.45) is 3.04. The van der Waals surface area contributed by atoms with Crippen LogP contribution in [0.5, 0.6) is 0 Å². The predicted octanol–water partition coefficient (Wildman–Crippen LogP) is 2.77. The van der Waals surface area contributed by atoms with Crippen molar-refractivity contribution in [2.24, 2.45) is 11.7 Å². The maximum Gasteiger partial charge on any atom is 0.239 e. The zero-order chi connectivity index (χ0) is 14.5. The van der Waals surface area contributed by atoms with Crippen molar-refractivity contribution < 1.29 is 4.79 Å². The molecule has 1 fully saturated rings. The van der Waals surface area contributed by atoms with Crippen LogP contribution in [0.3, 0.4) is 0 Å². The largest absolute Gasteiger partial charge is 0.341 e. The molecule has 1 aromatic carbocycles. The molecule has 2 N–H and O–H groups in total. The molecule has 3 heteroatoms. The molecule has 1 aliphatic heterocycles. The molecule has 0 bridgehead atoms. The minimum atomic E-state index is -0.340. The average Bonchev–Trinajstić information content (AvgIpc) is 2.53. The normalized spacial score (nSPS) is 19.6. The number of likely N-dealkylation sites (tertiary alicyclic amines) is 1. The SMILES string of the molecule is CC[C@H](C)[C@H](N)C(=O)N1CCC(c2ccccc2)CC1. The van der Waals surface area contributed by atoms with Gasteiger partial charge in [-0.15, -0.1) is 0 Å². The van der Waals surface area contributed by atoms with Gasteiger partial charge < -0.3 is 10.6 Å². The summed E-state index contributed by atoms with van der Waals surface area (Å²) in [5, 5.41) is 0. The lowest BCUT2D eigenvalue weighted by molar-refractivity contribution is -0.134. The van der Waals surface area contributed by atoms with Gasteiger partial charge in [-0.1, -0.05) is 50.6 Å². The van der Waals surface area contributed by atoms with Crippen molar-refractivity contribution in [2.75, 3.05) is 13.1 Å². The highest BCUT2D eigenvalue weighted by Crippen LogP contribution is 2.28. The molecular weight excluding hydrogens is 248 g/mol. The molecule has 1 aromatic rings. The summed E-state index contributed by atoms with van der Waals surface area (Å²) in [5.41, 5.74) is 7.45. The van der Waals surface area contributed by atoms with Gasteiger partial charge in [-0.05, 0) is 30.2 Å². The third-order valence-corrected chi connectivity index (χ3v) is 4.62. The lowest BCUT2D eigenvalue weighted by Gasteiger charge is -2.34. The number of benzene rings is 1. The van der Waals surface area contributed by atoms with Crippen molar-refractivity contribution in [3.63, 3.8) is 0 Å². The van der Waals surface area contributed by atoms with Gasteiger partial charge in [0, 0.05) is 13.1 Å². The minimum Gasteiger partial charge on any atom is -0.341 e. The molecule has 20 heavy (non-hydrogen) atoms. The Balaban J connectivity index is 1.90. The van der Waals surface area contributed by atoms with Crippen LogP contribution in [0.2, 0.25) is 0 Å². The quantitative estimate of drug-likeness (QED) is 0.917. The minimum absolute atomic E-state index is 0.130. The Morgan fingerprint density at radius 2 is 1.90 bits per heavy atom. The van der Waals surface area contributed by atoms with Gasteiger partial charge in [-0.2, -0.15) is 0 Å². The standard InChI is InChI=1S/C17H26N2O/c1-3-13(2)16(18)17(20)19-11-9-15(10-12-19)14-7-5-4-6-8-14/h4-8,13,15-16H,3,9-12,18H2,1-2H3/t13-,16-/m0/s1. The molecule has 2 atom stereocenters. The first kappa shape index (κ1) is 15.0. The van der Waals surface area contributed by atoms with E-state index in [1.165, 1.54) is 5.56 Å². The second-order valence-electron chi connectivity index (χ2n) is 5.92. The Kier molecular flexibility index (Phi) is 5.18. The van der Waals surface area contributed by atoms with Crippen molar-refractivity contribution in [3.05, 3.63) is 35.9 Å². The summed E-state index contributed by atoms with van der Waals surface area (Å²) < 4.78 is 0. The molecular formula is C17H26N2O. The topological polar surface area (TPSA) is 46.3 Å². The first-order valence-corrected chi connectivity index (χ1v) is 7.72. The number of hydrogen-bond acceptors (Lipinski definition) is 2. The summed E-state index contributed by atoms with van der Waals surface area (Å²) >= 11 is 0. The smallest absolute Gasteiger partial charge is 0.239 e. The van der Waals surface area contributed by atoms with E-state index < -0.39 is 0 Å². The second kappa shape index (κ2) is 6.89.